The molecule has 0 saturated heterocycles. The van der Waals surface area contributed by atoms with Gasteiger partial charge in [0.1, 0.15) is 5.56 Å². The molecule has 0 aliphatic carbocycles. The Balaban J connectivity index is 2.61. The summed E-state index contributed by atoms with van der Waals surface area (Å²) in [6.45, 7) is 1.45. The maximum Gasteiger partial charge on any atom is 0.434 e. The summed E-state index contributed by atoms with van der Waals surface area (Å²) in [6.07, 6.45) is -3.99. The van der Waals surface area contributed by atoms with Gasteiger partial charge < -0.3 is 4.74 Å². The van der Waals surface area contributed by atoms with Crippen LogP contribution in [0.15, 0.2) is 24.4 Å². The number of ether oxygens (including phenoxy) is 1. The summed E-state index contributed by atoms with van der Waals surface area (Å²) in [4.78, 5) is 11.7. The van der Waals surface area contributed by atoms with Crippen molar-refractivity contribution in [2.75, 3.05) is 6.61 Å². The van der Waals surface area contributed by atoms with E-state index in [4.69, 9.17) is 23.2 Å². The van der Waals surface area contributed by atoms with Gasteiger partial charge in [-0.3, -0.25) is 0 Å². The van der Waals surface area contributed by atoms with Gasteiger partial charge in [-0.15, -0.1) is 0 Å². The Morgan fingerprint density at radius 1 is 1.32 bits per heavy atom. The third kappa shape index (κ3) is 3.20. The smallest absolute Gasteiger partial charge is 0.434 e. The zero-order valence-electron chi connectivity index (χ0n) is 11.1. The zero-order chi connectivity index (χ0) is 16.5. The molecule has 2 rings (SSSR count). The first-order chi connectivity index (χ1) is 10.3. The molecule has 0 aliphatic heterocycles. The number of esters is 1. The van der Waals surface area contributed by atoms with E-state index in [9.17, 15) is 18.0 Å². The summed E-state index contributed by atoms with van der Waals surface area (Å²) in [5.74, 6) is -1.10. The van der Waals surface area contributed by atoms with Crippen molar-refractivity contribution >= 4 is 29.2 Å². The molecule has 0 spiro atoms. The summed E-state index contributed by atoms with van der Waals surface area (Å²) >= 11 is 11.5. The van der Waals surface area contributed by atoms with E-state index in [1.54, 1.807) is 0 Å². The van der Waals surface area contributed by atoms with Gasteiger partial charge in [0.05, 0.1) is 28.5 Å². The van der Waals surface area contributed by atoms with Crippen LogP contribution in [0.2, 0.25) is 10.0 Å². The average Bonchev–Trinajstić information content (AvgIpc) is 2.87. The van der Waals surface area contributed by atoms with Crippen LogP contribution in [0.25, 0.3) is 5.69 Å². The molecular formula is C13H9Cl2F3N2O2. The van der Waals surface area contributed by atoms with Crippen molar-refractivity contribution in [2.24, 2.45) is 0 Å². The summed E-state index contributed by atoms with van der Waals surface area (Å²) in [5, 5.41) is 3.88. The highest BCUT2D eigenvalue weighted by Crippen LogP contribution is 2.35. The number of carbonyl (C=O) groups is 1. The van der Waals surface area contributed by atoms with E-state index in [1.165, 1.54) is 25.1 Å². The molecule has 0 bridgehead atoms. The van der Waals surface area contributed by atoms with E-state index >= 15 is 0 Å². The number of hydrogen-bond donors (Lipinski definition) is 0. The van der Waals surface area contributed by atoms with Gasteiger partial charge in [0.15, 0.2) is 5.69 Å². The van der Waals surface area contributed by atoms with Gasteiger partial charge in [0.25, 0.3) is 0 Å². The molecule has 0 atom stereocenters. The molecule has 9 heteroatoms. The van der Waals surface area contributed by atoms with Crippen molar-refractivity contribution < 1.29 is 22.7 Å². The molecule has 0 unspecified atom stereocenters. The quantitative estimate of drug-likeness (QED) is 0.770. The van der Waals surface area contributed by atoms with Crippen LogP contribution >= 0.6 is 23.2 Å². The number of carbonyl (C=O) groups excluding carboxylic acids is 1. The van der Waals surface area contributed by atoms with E-state index < -0.39 is 23.4 Å². The standard InChI is InChI=1S/C13H9Cl2F3N2O2/c1-2-22-12(21)8-6-19-20(11(8)13(16,17)18)7-3-4-9(14)10(15)5-7/h3-6H,2H2,1H3. The number of alkyl halides is 3. The van der Waals surface area contributed by atoms with Crippen molar-refractivity contribution in [1.82, 2.24) is 9.78 Å². The molecule has 0 radical (unpaired) electrons. The molecule has 0 fully saturated rings. The molecule has 118 valence electrons. The van der Waals surface area contributed by atoms with Crippen LogP contribution in [0, 0.1) is 0 Å². The lowest BCUT2D eigenvalue weighted by molar-refractivity contribution is -0.143. The van der Waals surface area contributed by atoms with Crippen molar-refractivity contribution in [2.45, 2.75) is 13.1 Å². The lowest BCUT2D eigenvalue weighted by Gasteiger charge is -2.12. The predicted molar refractivity (Wildman–Crippen MR) is 74.5 cm³/mol. The summed E-state index contributed by atoms with van der Waals surface area (Å²) in [6, 6.07) is 3.87. The number of benzene rings is 1. The highest BCUT2D eigenvalue weighted by molar-refractivity contribution is 6.42. The van der Waals surface area contributed by atoms with Crippen LogP contribution in [0.1, 0.15) is 23.0 Å². The van der Waals surface area contributed by atoms with Crippen LogP contribution < -0.4 is 0 Å². The van der Waals surface area contributed by atoms with Crippen LogP contribution in [-0.2, 0) is 10.9 Å². The summed E-state index contributed by atoms with van der Waals surface area (Å²) in [5.41, 5.74) is -1.87. The average molecular weight is 353 g/mol. The van der Waals surface area contributed by atoms with Gasteiger partial charge in [-0.1, -0.05) is 23.2 Å². The van der Waals surface area contributed by atoms with Crippen molar-refractivity contribution in [3.05, 3.63) is 45.7 Å². The minimum Gasteiger partial charge on any atom is -0.462 e. The normalized spacial score (nSPS) is 11.5. The van der Waals surface area contributed by atoms with E-state index in [1.807, 2.05) is 0 Å². The first-order valence-electron chi connectivity index (χ1n) is 6.03. The van der Waals surface area contributed by atoms with Gasteiger partial charge in [0.2, 0.25) is 0 Å². The second kappa shape index (κ2) is 6.18. The number of nitrogens with zero attached hydrogens (tertiary/aromatic N) is 2. The Labute approximate surface area is 133 Å². The predicted octanol–water partition coefficient (Wildman–Crippen LogP) is 4.37. The minimum absolute atomic E-state index is 0.0253. The molecular weight excluding hydrogens is 344 g/mol. The maximum absolute atomic E-state index is 13.3. The number of aromatic nitrogens is 2. The first-order valence-corrected chi connectivity index (χ1v) is 6.79. The molecule has 0 saturated carbocycles. The fraction of sp³-hybridized carbons (Fsp3) is 0.231. The first kappa shape index (κ1) is 16.6. The van der Waals surface area contributed by atoms with Crippen molar-refractivity contribution in [1.29, 1.82) is 0 Å². The van der Waals surface area contributed by atoms with Crippen LogP contribution in [0.3, 0.4) is 0 Å². The molecule has 1 aromatic carbocycles. The Morgan fingerprint density at radius 3 is 2.55 bits per heavy atom. The van der Waals surface area contributed by atoms with E-state index in [0.29, 0.717) is 4.68 Å². The van der Waals surface area contributed by atoms with E-state index in [2.05, 4.69) is 9.84 Å². The molecule has 1 aromatic heterocycles. The third-order valence-electron chi connectivity index (χ3n) is 2.68. The second-order valence-electron chi connectivity index (χ2n) is 4.14. The Bertz CT molecular complexity index is 714. The molecule has 0 N–H and O–H groups in total. The summed E-state index contributed by atoms with van der Waals surface area (Å²) in [7, 11) is 0. The molecule has 0 amide bonds. The largest absolute Gasteiger partial charge is 0.462 e. The lowest BCUT2D eigenvalue weighted by Crippen LogP contribution is -2.18. The van der Waals surface area contributed by atoms with Crippen LogP contribution in [0.5, 0.6) is 0 Å². The highest BCUT2D eigenvalue weighted by Gasteiger charge is 2.41. The van der Waals surface area contributed by atoms with Crippen LogP contribution in [-0.4, -0.2) is 22.4 Å². The van der Waals surface area contributed by atoms with E-state index in [-0.39, 0.29) is 22.3 Å². The highest BCUT2D eigenvalue weighted by atomic mass is 35.5. The molecule has 4 nitrogen and oxygen atoms in total. The Kier molecular flexibility index (Phi) is 4.67. The molecule has 0 aliphatic rings. The van der Waals surface area contributed by atoms with Gasteiger partial charge in [-0.2, -0.15) is 18.3 Å². The topological polar surface area (TPSA) is 44.1 Å². The van der Waals surface area contributed by atoms with Gasteiger partial charge in [-0.05, 0) is 25.1 Å². The molecule has 22 heavy (non-hydrogen) atoms. The fourth-order valence-electron chi connectivity index (χ4n) is 1.79. The van der Waals surface area contributed by atoms with Gasteiger partial charge in [-0.25, -0.2) is 9.48 Å². The van der Waals surface area contributed by atoms with Crippen molar-refractivity contribution in [3.63, 3.8) is 0 Å². The number of hydrogen-bond acceptors (Lipinski definition) is 3. The monoisotopic (exact) mass is 352 g/mol. The summed E-state index contributed by atoms with van der Waals surface area (Å²) < 4.78 is 45.0. The van der Waals surface area contributed by atoms with Gasteiger partial charge >= 0.3 is 12.1 Å². The number of rotatable bonds is 3. The maximum atomic E-state index is 13.3. The van der Waals surface area contributed by atoms with Crippen molar-refractivity contribution in [3.8, 4) is 5.69 Å². The third-order valence-corrected chi connectivity index (χ3v) is 3.42. The fourth-order valence-corrected chi connectivity index (χ4v) is 2.08. The Morgan fingerprint density at radius 2 is 2.00 bits per heavy atom. The van der Waals surface area contributed by atoms with Gasteiger partial charge in [0, 0.05) is 0 Å². The second-order valence-corrected chi connectivity index (χ2v) is 4.95. The Hall–Kier alpha value is -1.73. The van der Waals surface area contributed by atoms with Crippen LogP contribution in [0.4, 0.5) is 13.2 Å². The van der Waals surface area contributed by atoms with E-state index in [0.717, 1.165) is 6.20 Å². The SMILES string of the molecule is CCOC(=O)c1cnn(-c2ccc(Cl)c(Cl)c2)c1C(F)(F)F. The minimum atomic E-state index is -4.80. The lowest BCUT2D eigenvalue weighted by atomic mass is 10.2. The molecule has 1 heterocycles. The molecule has 2 aromatic rings. The number of halogens is 5. The zero-order valence-corrected chi connectivity index (χ0v) is 12.6.